The molecule has 1 N–H and O–H groups in total. The zero-order chi connectivity index (χ0) is 13.2. The Bertz CT molecular complexity index is 422. The van der Waals surface area contributed by atoms with Gasteiger partial charge in [-0.25, -0.2) is 0 Å². The van der Waals surface area contributed by atoms with Crippen molar-refractivity contribution in [1.29, 1.82) is 0 Å². The van der Waals surface area contributed by atoms with Crippen molar-refractivity contribution in [1.82, 2.24) is 9.78 Å². The zero-order valence-corrected chi connectivity index (χ0v) is 11.4. The van der Waals surface area contributed by atoms with E-state index in [1.807, 2.05) is 20.9 Å². The average molecular weight is 239 g/mol. The first-order valence-electron chi connectivity index (χ1n) is 5.72. The third-order valence-electron chi connectivity index (χ3n) is 2.99. The SMILES string of the molecule is CCc1c(C)nn(C)c1NC(=O)C(C)(C)OC. The van der Waals surface area contributed by atoms with Crippen LogP contribution >= 0.6 is 0 Å². The number of carbonyl (C=O) groups excluding carboxylic acids is 1. The number of nitrogens with zero attached hydrogens (tertiary/aromatic N) is 2. The van der Waals surface area contributed by atoms with Crippen molar-refractivity contribution < 1.29 is 9.53 Å². The van der Waals surface area contributed by atoms with Gasteiger partial charge >= 0.3 is 0 Å². The van der Waals surface area contributed by atoms with Crippen molar-refractivity contribution in [3.63, 3.8) is 0 Å². The van der Waals surface area contributed by atoms with Crippen molar-refractivity contribution in [3.8, 4) is 0 Å². The number of hydrogen-bond donors (Lipinski definition) is 1. The highest BCUT2D eigenvalue weighted by Crippen LogP contribution is 2.21. The smallest absolute Gasteiger partial charge is 0.257 e. The van der Waals surface area contributed by atoms with Crippen LogP contribution in [0.5, 0.6) is 0 Å². The van der Waals surface area contributed by atoms with Crippen molar-refractivity contribution in [3.05, 3.63) is 11.3 Å². The second-order valence-corrected chi connectivity index (χ2v) is 4.56. The summed E-state index contributed by atoms with van der Waals surface area (Å²) in [6.07, 6.45) is 0.836. The summed E-state index contributed by atoms with van der Waals surface area (Å²) in [5, 5.41) is 7.18. The number of methoxy groups -OCH3 is 1. The van der Waals surface area contributed by atoms with E-state index in [2.05, 4.69) is 10.4 Å². The number of aromatic nitrogens is 2. The normalized spacial score (nSPS) is 11.6. The van der Waals surface area contributed by atoms with Crippen molar-refractivity contribution in [2.24, 2.45) is 7.05 Å². The molecule has 0 radical (unpaired) electrons. The Labute approximate surface area is 102 Å². The van der Waals surface area contributed by atoms with Crippen LogP contribution in [0, 0.1) is 6.92 Å². The number of ether oxygens (including phenoxy) is 1. The van der Waals surface area contributed by atoms with Gasteiger partial charge in [-0.15, -0.1) is 0 Å². The molecule has 0 aromatic carbocycles. The first kappa shape index (κ1) is 13.7. The van der Waals surface area contributed by atoms with E-state index in [-0.39, 0.29) is 5.91 Å². The van der Waals surface area contributed by atoms with Crippen LogP contribution in [0.2, 0.25) is 0 Å². The van der Waals surface area contributed by atoms with Crippen LogP contribution in [-0.2, 0) is 23.0 Å². The topological polar surface area (TPSA) is 56.2 Å². The summed E-state index contributed by atoms with van der Waals surface area (Å²) in [6, 6.07) is 0. The minimum Gasteiger partial charge on any atom is -0.369 e. The zero-order valence-electron chi connectivity index (χ0n) is 11.4. The van der Waals surface area contributed by atoms with Crippen molar-refractivity contribution >= 4 is 11.7 Å². The number of carbonyl (C=O) groups is 1. The van der Waals surface area contributed by atoms with Crippen molar-refractivity contribution in [2.45, 2.75) is 39.7 Å². The van der Waals surface area contributed by atoms with Crippen LogP contribution < -0.4 is 5.32 Å². The van der Waals surface area contributed by atoms with E-state index in [0.717, 1.165) is 23.5 Å². The van der Waals surface area contributed by atoms with Crippen molar-refractivity contribution in [2.75, 3.05) is 12.4 Å². The van der Waals surface area contributed by atoms with E-state index in [1.54, 1.807) is 18.5 Å². The second-order valence-electron chi connectivity index (χ2n) is 4.56. The number of aryl methyl sites for hydroxylation is 2. The van der Waals surface area contributed by atoms with Crippen LogP contribution in [0.25, 0.3) is 0 Å². The Hall–Kier alpha value is -1.36. The van der Waals surface area contributed by atoms with Gasteiger partial charge in [0.1, 0.15) is 11.4 Å². The Morgan fingerprint density at radius 2 is 2.12 bits per heavy atom. The van der Waals surface area contributed by atoms with E-state index < -0.39 is 5.60 Å². The van der Waals surface area contributed by atoms with Gasteiger partial charge in [-0.3, -0.25) is 9.48 Å². The number of rotatable bonds is 4. The summed E-state index contributed by atoms with van der Waals surface area (Å²) in [4.78, 5) is 12.0. The van der Waals surface area contributed by atoms with Crippen LogP contribution in [0.4, 0.5) is 5.82 Å². The molecule has 0 aliphatic heterocycles. The molecule has 5 nitrogen and oxygen atoms in total. The molecule has 17 heavy (non-hydrogen) atoms. The van der Waals surface area contributed by atoms with Gasteiger partial charge in [-0.1, -0.05) is 6.92 Å². The van der Waals surface area contributed by atoms with Gasteiger partial charge in [-0.2, -0.15) is 5.10 Å². The number of amides is 1. The molecule has 0 aliphatic rings. The molecule has 0 saturated carbocycles. The third kappa shape index (κ3) is 2.66. The van der Waals surface area contributed by atoms with Gasteiger partial charge < -0.3 is 10.1 Å². The summed E-state index contributed by atoms with van der Waals surface area (Å²) < 4.78 is 6.84. The fourth-order valence-corrected chi connectivity index (χ4v) is 1.63. The molecule has 0 aliphatic carbocycles. The molecule has 0 atom stereocenters. The number of anilines is 1. The Kier molecular flexibility index (Phi) is 3.93. The third-order valence-corrected chi connectivity index (χ3v) is 2.99. The van der Waals surface area contributed by atoms with E-state index in [4.69, 9.17) is 4.74 Å². The Balaban J connectivity index is 3.00. The molecule has 1 aromatic heterocycles. The molecule has 0 unspecified atom stereocenters. The van der Waals surface area contributed by atoms with Gasteiger partial charge in [0.2, 0.25) is 0 Å². The minimum atomic E-state index is -0.844. The lowest BCUT2D eigenvalue weighted by Crippen LogP contribution is -2.39. The lowest BCUT2D eigenvalue weighted by Gasteiger charge is -2.22. The summed E-state index contributed by atoms with van der Waals surface area (Å²) in [6.45, 7) is 7.45. The fraction of sp³-hybridized carbons (Fsp3) is 0.667. The summed E-state index contributed by atoms with van der Waals surface area (Å²) >= 11 is 0. The summed E-state index contributed by atoms with van der Waals surface area (Å²) in [5.41, 5.74) is 1.16. The maximum atomic E-state index is 12.0. The minimum absolute atomic E-state index is 0.169. The van der Waals surface area contributed by atoms with Crippen LogP contribution in [-0.4, -0.2) is 28.4 Å². The van der Waals surface area contributed by atoms with Crippen LogP contribution in [0.3, 0.4) is 0 Å². The van der Waals surface area contributed by atoms with E-state index in [1.165, 1.54) is 7.11 Å². The summed E-state index contributed by atoms with van der Waals surface area (Å²) in [7, 11) is 3.34. The maximum absolute atomic E-state index is 12.0. The highest BCUT2D eigenvalue weighted by molar-refractivity contribution is 5.96. The fourth-order valence-electron chi connectivity index (χ4n) is 1.63. The Morgan fingerprint density at radius 1 is 1.53 bits per heavy atom. The summed E-state index contributed by atoms with van der Waals surface area (Å²) in [5.74, 6) is 0.581. The molecule has 0 saturated heterocycles. The Morgan fingerprint density at radius 3 is 2.59 bits per heavy atom. The first-order valence-corrected chi connectivity index (χ1v) is 5.72. The van der Waals surface area contributed by atoms with Gasteiger partial charge in [-0.05, 0) is 27.2 Å². The maximum Gasteiger partial charge on any atom is 0.257 e. The molecule has 1 aromatic rings. The second kappa shape index (κ2) is 4.87. The molecule has 0 bridgehead atoms. The number of hydrogen-bond acceptors (Lipinski definition) is 3. The van der Waals surface area contributed by atoms with Gasteiger partial charge in [0, 0.05) is 19.7 Å². The molecule has 0 spiro atoms. The van der Waals surface area contributed by atoms with Gasteiger partial charge in [0.05, 0.1) is 5.69 Å². The highest BCUT2D eigenvalue weighted by atomic mass is 16.5. The molecule has 96 valence electrons. The van der Waals surface area contributed by atoms with E-state index in [0.29, 0.717) is 0 Å². The molecular formula is C12H21N3O2. The molecular weight excluding hydrogens is 218 g/mol. The van der Waals surface area contributed by atoms with Gasteiger partial charge in [0.15, 0.2) is 0 Å². The molecule has 1 amide bonds. The van der Waals surface area contributed by atoms with Crippen LogP contribution in [0.15, 0.2) is 0 Å². The lowest BCUT2D eigenvalue weighted by atomic mass is 10.1. The predicted molar refractivity (Wildman–Crippen MR) is 67.0 cm³/mol. The van der Waals surface area contributed by atoms with Gasteiger partial charge in [0.25, 0.3) is 5.91 Å². The lowest BCUT2D eigenvalue weighted by molar-refractivity contribution is -0.133. The first-order chi connectivity index (χ1) is 7.83. The number of nitrogens with one attached hydrogen (secondary N) is 1. The quantitative estimate of drug-likeness (QED) is 0.869. The molecule has 1 heterocycles. The molecule has 0 fully saturated rings. The molecule has 1 rings (SSSR count). The molecule has 5 heteroatoms. The highest BCUT2D eigenvalue weighted by Gasteiger charge is 2.28. The van der Waals surface area contributed by atoms with E-state index in [9.17, 15) is 4.79 Å². The largest absolute Gasteiger partial charge is 0.369 e. The van der Waals surface area contributed by atoms with E-state index >= 15 is 0 Å². The standard InChI is InChI=1S/C12H21N3O2/c1-7-9-8(2)14-15(5)10(9)13-11(16)12(3,4)17-6/h7H2,1-6H3,(H,13,16). The van der Waals surface area contributed by atoms with Crippen LogP contribution in [0.1, 0.15) is 32.0 Å². The predicted octanol–water partition coefficient (Wildman–Crippen LogP) is 1.65. The monoisotopic (exact) mass is 239 g/mol. The average Bonchev–Trinajstić information content (AvgIpc) is 2.53.